The number of urea groups is 1. The molecule has 0 radical (unpaired) electrons. The van der Waals surface area contributed by atoms with E-state index in [0.29, 0.717) is 13.1 Å². The number of hydrogen-bond acceptors (Lipinski definition) is 2. The molecule has 2 aliphatic carbocycles. The zero-order chi connectivity index (χ0) is 15.6. The highest BCUT2D eigenvalue weighted by Crippen LogP contribution is 2.47. The SMILES string of the molecule is CN(CC1CCCC1O)C(=O)NCC1(c2ccccc2)CC1. The van der Waals surface area contributed by atoms with Gasteiger partial charge in [0.25, 0.3) is 0 Å². The minimum absolute atomic E-state index is 0.0266. The molecule has 4 nitrogen and oxygen atoms in total. The van der Waals surface area contributed by atoms with Crippen molar-refractivity contribution >= 4 is 6.03 Å². The fourth-order valence-corrected chi connectivity index (χ4v) is 3.55. The molecule has 0 aromatic heterocycles. The first-order chi connectivity index (χ1) is 10.6. The molecule has 1 aromatic rings. The Hall–Kier alpha value is -1.55. The maximum atomic E-state index is 12.3. The van der Waals surface area contributed by atoms with E-state index in [9.17, 15) is 9.90 Å². The van der Waals surface area contributed by atoms with Gasteiger partial charge in [-0.05, 0) is 31.2 Å². The Labute approximate surface area is 132 Å². The van der Waals surface area contributed by atoms with Crippen molar-refractivity contribution in [3.05, 3.63) is 35.9 Å². The molecule has 0 spiro atoms. The van der Waals surface area contributed by atoms with E-state index in [0.717, 1.165) is 32.1 Å². The Balaban J connectivity index is 1.50. The average Bonchev–Trinajstić information content (AvgIpc) is 3.24. The summed E-state index contributed by atoms with van der Waals surface area (Å²) in [7, 11) is 1.82. The first kappa shape index (κ1) is 15.3. The third kappa shape index (κ3) is 3.27. The normalized spacial score (nSPS) is 25.7. The van der Waals surface area contributed by atoms with Crippen LogP contribution in [0.25, 0.3) is 0 Å². The van der Waals surface area contributed by atoms with Gasteiger partial charge in [-0.25, -0.2) is 4.79 Å². The van der Waals surface area contributed by atoms with Crippen LogP contribution in [0.2, 0.25) is 0 Å². The van der Waals surface area contributed by atoms with Crippen LogP contribution in [0.5, 0.6) is 0 Å². The molecule has 2 fully saturated rings. The molecular weight excluding hydrogens is 276 g/mol. The van der Waals surface area contributed by atoms with Crippen molar-refractivity contribution in [2.45, 2.75) is 43.6 Å². The summed E-state index contributed by atoms with van der Waals surface area (Å²) in [4.78, 5) is 14.0. The van der Waals surface area contributed by atoms with Gasteiger partial charge in [0.2, 0.25) is 0 Å². The molecule has 0 bridgehead atoms. The average molecular weight is 302 g/mol. The summed E-state index contributed by atoms with van der Waals surface area (Å²) in [5.74, 6) is 0.236. The molecule has 0 saturated heterocycles. The molecule has 2 amide bonds. The maximum Gasteiger partial charge on any atom is 0.317 e. The van der Waals surface area contributed by atoms with Gasteiger partial charge in [-0.1, -0.05) is 36.8 Å². The van der Waals surface area contributed by atoms with E-state index < -0.39 is 0 Å². The Morgan fingerprint density at radius 1 is 1.32 bits per heavy atom. The number of rotatable bonds is 5. The lowest BCUT2D eigenvalue weighted by Gasteiger charge is -2.25. The summed E-state index contributed by atoms with van der Waals surface area (Å²) in [5.41, 5.74) is 1.47. The van der Waals surface area contributed by atoms with Crippen LogP contribution in [0.15, 0.2) is 30.3 Å². The van der Waals surface area contributed by atoms with Crippen molar-refractivity contribution in [1.82, 2.24) is 10.2 Å². The van der Waals surface area contributed by atoms with Crippen LogP contribution in [0.1, 0.15) is 37.7 Å². The monoisotopic (exact) mass is 302 g/mol. The van der Waals surface area contributed by atoms with Crippen LogP contribution in [-0.4, -0.2) is 42.3 Å². The standard InChI is InChI=1S/C18H26N2O2/c1-20(12-14-6-5-9-16(14)21)17(22)19-13-18(10-11-18)15-7-3-2-4-8-15/h2-4,7-8,14,16,21H,5-6,9-13H2,1H3,(H,19,22). The topological polar surface area (TPSA) is 52.6 Å². The van der Waals surface area contributed by atoms with Crippen molar-refractivity contribution in [1.29, 1.82) is 0 Å². The quantitative estimate of drug-likeness (QED) is 0.878. The zero-order valence-electron chi connectivity index (χ0n) is 13.3. The number of amides is 2. The highest BCUT2D eigenvalue weighted by molar-refractivity contribution is 5.74. The lowest BCUT2D eigenvalue weighted by Crippen LogP contribution is -2.43. The minimum Gasteiger partial charge on any atom is -0.393 e. The molecule has 1 aromatic carbocycles. The predicted molar refractivity (Wildman–Crippen MR) is 86.7 cm³/mol. The summed E-state index contributed by atoms with van der Waals surface area (Å²) in [5, 5.41) is 13.0. The first-order valence-electron chi connectivity index (χ1n) is 8.33. The van der Waals surface area contributed by atoms with Crippen LogP contribution < -0.4 is 5.32 Å². The van der Waals surface area contributed by atoms with E-state index in [2.05, 4.69) is 29.6 Å². The minimum atomic E-state index is -0.241. The Kier molecular flexibility index (Phi) is 4.39. The predicted octanol–water partition coefficient (Wildman–Crippen LogP) is 2.52. The molecule has 2 N–H and O–H groups in total. The van der Waals surface area contributed by atoms with Gasteiger partial charge in [0.1, 0.15) is 0 Å². The number of benzene rings is 1. The lowest BCUT2D eigenvalue weighted by atomic mass is 9.96. The molecule has 2 unspecified atom stereocenters. The maximum absolute atomic E-state index is 12.3. The van der Waals surface area contributed by atoms with Crippen molar-refractivity contribution in [3.8, 4) is 0 Å². The fourth-order valence-electron chi connectivity index (χ4n) is 3.55. The molecule has 3 rings (SSSR count). The molecule has 2 saturated carbocycles. The summed E-state index contributed by atoms with van der Waals surface area (Å²) in [6.45, 7) is 1.35. The number of hydrogen-bond donors (Lipinski definition) is 2. The van der Waals surface area contributed by atoms with Crippen molar-refractivity contribution in [3.63, 3.8) is 0 Å². The first-order valence-corrected chi connectivity index (χ1v) is 8.33. The highest BCUT2D eigenvalue weighted by atomic mass is 16.3. The second kappa shape index (κ2) is 6.29. The van der Waals surface area contributed by atoms with Crippen LogP contribution >= 0.6 is 0 Å². The molecule has 120 valence electrons. The van der Waals surface area contributed by atoms with Crippen LogP contribution in [0.4, 0.5) is 4.79 Å². The molecule has 2 aliphatic rings. The number of aliphatic hydroxyl groups is 1. The van der Waals surface area contributed by atoms with E-state index in [-0.39, 0.29) is 23.5 Å². The number of nitrogens with one attached hydrogen (secondary N) is 1. The van der Waals surface area contributed by atoms with Crippen LogP contribution in [0, 0.1) is 5.92 Å². The zero-order valence-corrected chi connectivity index (χ0v) is 13.3. The number of carbonyl (C=O) groups is 1. The van der Waals surface area contributed by atoms with Gasteiger partial charge in [-0.2, -0.15) is 0 Å². The van der Waals surface area contributed by atoms with E-state index in [1.165, 1.54) is 5.56 Å². The van der Waals surface area contributed by atoms with E-state index in [4.69, 9.17) is 0 Å². The van der Waals surface area contributed by atoms with Gasteiger partial charge >= 0.3 is 6.03 Å². The Morgan fingerprint density at radius 3 is 2.64 bits per heavy atom. The lowest BCUT2D eigenvalue weighted by molar-refractivity contribution is 0.114. The third-order valence-corrected chi connectivity index (χ3v) is 5.29. The number of nitrogens with zero attached hydrogens (tertiary/aromatic N) is 1. The third-order valence-electron chi connectivity index (χ3n) is 5.29. The van der Waals surface area contributed by atoms with Gasteiger partial charge in [0.15, 0.2) is 0 Å². The largest absolute Gasteiger partial charge is 0.393 e. The summed E-state index contributed by atoms with van der Waals surface area (Å²) in [6, 6.07) is 10.4. The van der Waals surface area contributed by atoms with Gasteiger partial charge < -0.3 is 15.3 Å². The van der Waals surface area contributed by atoms with Crippen molar-refractivity contribution in [2.24, 2.45) is 5.92 Å². The number of aliphatic hydroxyl groups excluding tert-OH is 1. The van der Waals surface area contributed by atoms with Crippen LogP contribution in [0.3, 0.4) is 0 Å². The van der Waals surface area contributed by atoms with Gasteiger partial charge in [-0.3, -0.25) is 0 Å². The Morgan fingerprint density at radius 2 is 2.05 bits per heavy atom. The second-order valence-corrected chi connectivity index (χ2v) is 6.94. The Bertz CT molecular complexity index is 513. The molecule has 22 heavy (non-hydrogen) atoms. The van der Waals surface area contributed by atoms with Crippen LogP contribution in [-0.2, 0) is 5.41 Å². The summed E-state index contributed by atoms with van der Waals surface area (Å²) >= 11 is 0. The summed E-state index contributed by atoms with van der Waals surface area (Å²) < 4.78 is 0. The second-order valence-electron chi connectivity index (χ2n) is 6.94. The van der Waals surface area contributed by atoms with Crippen molar-refractivity contribution in [2.75, 3.05) is 20.1 Å². The smallest absolute Gasteiger partial charge is 0.317 e. The molecule has 2 atom stereocenters. The van der Waals surface area contributed by atoms with E-state index >= 15 is 0 Å². The summed E-state index contributed by atoms with van der Waals surface area (Å²) in [6.07, 6.45) is 5.00. The fraction of sp³-hybridized carbons (Fsp3) is 0.611. The molecular formula is C18H26N2O2. The van der Waals surface area contributed by atoms with E-state index in [1.807, 2.05) is 13.1 Å². The van der Waals surface area contributed by atoms with Crippen molar-refractivity contribution < 1.29 is 9.90 Å². The van der Waals surface area contributed by atoms with Gasteiger partial charge in [0.05, 0.1) is 6.10 Å². The van der Waals surface area contributed by atoms with Gasteiger partial charge in [0, 0.05) is 31.5 Å². The molecule has 4 heteroatoms. The highest BCUT2D eigenvalue weighted by Gasteiger charge is 2.44. The molecule has 0 aliphatic heterocycles. The van der Waals surface area contributed by atoms with Gasteiger partial charge in [-0.15, -0.1) is 0 Å². The van der Waals surface area contributed by atoms with E-state index in [1.54, 1.807) is 4.90 Å². The number of carbonyl (C=O) groups excluding carboxylic acids is 1. The molecule has 0 heterocycles.